The minimum absolute atomic E-state index is 0.0973. The molecule has 2 amide bonds. The minimum atomic E-state index is -0.877. The van der Waals surface area contributed by atoms with Gasteiger partial charge in [0.05, 0.1) is 0 Å². The van der Waals surface area contributed by atoms with Crippen LogP contribution in [-0.2, 0) is 4.79 Å². The van der Waals surface area contributed by atoms with Crippen LogP contribution >= 0.6 is 0 Å². The van der Waals surface area contributed by atoms with Crippen LogP contribution in [0.25, 0.3) is 0 Å². The number of urea groups is 1. The highest BCUT2D eigenvalue weighted by Crippen LogP contribution is 2.20. The molecule has 0 aromatic rings. The van der Waals surface area contributed by atoms with Crippen molar-refractivity contribution in [3.05, 3.63) is 0 Å². The van der Waals surface area contributed by atoms with E-state index in [4.69, 9.17) is 0 Å². The molecule has 5 heteroatoms. The number of nitrogens with zero attached hydrogens (tertiary/aromatic N) is 2. The number of carboxylic acid groups (broad SMARTS) is 1. The fourth-order valence-corrected chi connectivity index (χ4v) is 2.64. The molecule has 2 atom stereocenters. The van der Waals surface area contributed by atoms with E-state index >= 15 is 0 Å². The highest BCUT2D eigenvalue weighted by atomic mass is 16.4. The number of rotatable bonds is 6. The molecular weight excluding hydrogens is 256 g/mol. The molecule has 5 nitrogen and oxygen atoms in total. The first-order valence-corrected chi connectivity index (χ1v) is 7.82. The molecule has 0 bridgehead atoms. The first-order valence-electron chi connectivity index (χ1n) is 7.82. The van der Waals surface area contributed by atoms with Gasteiger partial charge in [-0.3, -0.25) is 0 Å². The highest BCUT2D eigenvalue weighted by Gasteiger charge is 2.35. The molecule has 1 aliphatic heterocycles. The maximum absolute atomic E-state index is 12.7. The molecule has 20 heavy (non-hydrogen) atoms. The Bertz CT molecular complexity index is 333. The summed E-state index contributed by atoms with van der Waals surface area (Å²) < 4.78 is 0. The monoisotopic (exact) mass is 284 g/mol. The Morgan fingerprint density at radius 1 is 1.35 bits per heavy atom. The van der Waals surface area contributed by atoms with Crippen molar-refractivity contribution in [1.82, 2.24) is 9.80 Å². The molecule has 1 rings (SSSR count). The largest absolute Gasteiger partial charge is 0.480 e. The Morgan fingerprint density at radius 3 is 2.60 bits per heavy atom. The number of hydrogen-bond acceptors (Lipinski definition) is 2. The summed E-state index contributed by atoms with van der Waals surface area (Å²) in [5, 5.41) is 9.30. The van der Waals surface area contributed by atoms with E-state index in [0.717, 1.165) is 32.1 Å². The summed E-state index contributed by atoms with van der Waals surface area (Å²) in [5.41, 5.74) is 0. The van der Waals surface area contributed by atoms with Gasteiger partial charge in [-0.25, -0.2) is 9.59 Å². The number of piperidine rings is 1. The number of unbranched alkanes of at least 4 members (excludes halogenated alkanes) is 1. The van der Waals surface area contributed by atoms with Crippen LogP contribution in [-0.4, -0.2) is 52.1 Å². The van der Waals surface area contributed by atoms with Gasteiger partial charge in [0.25, 0.3) is 0 Å². The maximum Gasteiger partial charge on any atom is 0.326 e. The minimum Gasteiger partial charge on any atom is -0.480 e. The van der Waals surface area contributed by atoms with Crippen LogP contribution in [0.2, 0.25) is 0 Å². The molecule has 0 spiro atoms. The lowest BCUT2D eigenvalue weighted by Crippen LogP contribution is -2.55. The summed E-state index contributed by atoms with van der Waals surface area (Å²) in [5.74, 6) is -0.877. The predicted octanol–water partition coefficient (Wildman–Crippen LogP) is 2.95. The molecule has 1 aliphatic rings. The number of carbonyl (C=O) groups is 2. The molecule has 1 saturated heterocycles. The summed E-state index contributed by atoms with van der Waals surface area (Å²) in [6.45, 7) is 7.47. The predicted molar refractivity (Wildman–Crippen MR) is 78.7 cm³/mol. The number of hydrogen-bond donors (Lipinski definition) is 1. The summed E-state index contributed by atoms with van der Waals surface area (Å²) >= 11 is 0. The topological polar surface area (TPSA) is 60.9 Å². The second kappa shape index (κ2) is 8.12. The van der Waals surface area contributed by atoms with Gasteiger partial charge < -0.3 is 14.9 Å². The van der Waals surface area contributed by atoms with Crippen LogP contribution in [0.15, 0.2) is 0 Å². The van der Waals surface area contributed by atoms with Crippen LogP contribution in [0.5, 0.6) is 0 Å². The van der Waals surface area contributed by atoms with Crippen molar-refractivity contribution in [3.63, 3.8) is 0 Å². The molecular formula is C15H28N2O3. The van der Waals surface area contributed by atoms with E-state index in [1.807, 2.05) is 11.8 Å². The van der Waals surface area contributed by atoms with Gasteiger partial charge in [-0.05, 0) is 39.0 Å². The van der Waals surface area contributed by atoms with Crippen LogP contribution in [0.3, 0.4) is 0 Å². The van der Waals surface area contributed by atoms with Crippen molar-refractivity contribution in [2.24, 2.45) is 0 Å². The van der Waals surface area contributed by atoms with Crippen LogP contribution in [0.1, 0.15) is 59.3 Å². The second-order valence-corrected chi connectivity index (χ2v) is 5.63. The van der Waals surface area contributed by atoms with Crippen molar-refractivity contribution >= 4 is 12.0 Å². The zero-order valence-corrected chi connectivity index (χ0v) is 13.0. The van der Waals surface area contributed by atoms with Gasteiger partial charge in [0.1, 0.15) is 6.04 Å². The third-order valence-electron chi connectivity index (χ3n) is 4.15. The summed E-state index contributed by atoms with van der Waals surface area (Å²) in [6, 6.07) is -0.588. The fourth-order valence-electron chi connectivity index (χ4n) is 2.64. The van der Waals surface area contributed by atoms with Crippen molar-refractivity contribution in [1.29, 1.82) is 0 Å². The van der Waals surface area contributed by atoms with E-state index < -0.39 is 12.0 Å². The van der Waals surface area contributed by atoms with E-state index in [2.05, 4.69) is 13.8 Å². The lowest BCUT2D eigenvalue weighted by molar-refractivity contribution is -0.143. The van der Waals surface area contributed by atoms with Gasteiger partial charge >= 0.3 is 12.0 Å². The van der Waals surface area contributed by atoms with E-state index in [1.165, 1.54) is 0 Å². The Morgan fingerprint density at radius 2 is 2.05 bits per heavy atom. The van der Waals surface area contributed by atoms with Crippen molar-refractivity contribution in [3.8, 4) is 0 Å². The van der Waals surface area contributed by atoms with E-state index in [0.29, 0.717) is 19.5 Å². The molecule has 0 aromatic heterocycles. The number of amides is 2. The summed E-state index contributed by atoms with van der Waals surface area (Å²) in [4.78, 5) is 27.5. The van der Waals surface area contributed by atoms with Gasteiger partial charge in [0, 0.05) is 19.1 Å². The molecule has 0 saturated carbocycles. The fraction of sp³-hybridized carbons (Fsp3) is 0.867. The normalized spacial score (nSPS) is 20.6. The van der Waals surface area contributed by atoms with Gasteiger partial charge in [-0.1, -0.05) is 20.3 Å². The molecule has 0 radical (unpaired) electrons. The zero-order chi connectivity index (χ0) is 15.1. The van der Waals surface area contributed by atoms with E-state index in [-0.39, 0.29) is 12.1 Å². The first kappa shape index (κ1) is 16.8. The SMILES string of the molecule is CCCCN(C(=O)N1CCCCC1C(=O)O)C(C)CC. The maximum atomic E-state index is 12.7. The number of likely N-dealkylation sites (tertiary alicyclic amines) is 1. The van der Waals surface area contributed by atoms with Gasteiger partial charge in [0.15, 0.2) is 0 Å². The third-order valence-corrected chi connectivity index (χ3v) is 4.15. The lowest BCUT2D eigenvalue weighted by atomic mass is 10.0. The molecule has 116 valence electrons. The average molecular weight is 284 g/mol. The second-order valence-electron chi connectivity index (χ2n) is 5.63. The Labute approximate surface area is 121 Å². The standard InChI is InChI=1S/C15H28N2O3/c1-4-6-10-16(12(3)5-2)15(20)17-11-8-7-9-13(17)14(18)19/h12-13H,4-11H2,1-3H3,(H,18,19). The summed E-state index contributed by atoms with van der Waals surface area (Å²) in [7, 11) is 0. The van der Waals surface area contributed by atoms with Crippen molar-refractivity contribution < 1.29 is 14.7 Å². The summed E-state index contributed by atoms with van der Waals surface area (Å²) in [6.07, 6.45) is 5.24. The quantitative estimate of drug-likeness (QED) is 0.815. The van der Waals surface area contributed by atoms with Crippen molar-refractivity contribution in [2.45, 2.75) is 71.4 Å². The highest BCUT2D eigenvalue weighted by molar-refractivity contribution is 5.83. The Hall–Kier alpha value is -1.26. The Balaban J connectivity index is 2.82. The smallest absolute Gasteiger partial charge is 0.326 e. The lowest BCUT2D eigenvalue weighted by Gasteiger charge is -2.39. The molecule has 2 unspecified atom stereocenters. The third kappa shape index (κ3) is 4.12. The molecule has 1 fully saturated rings. The zero-order valence-electron chi connectivity index (χ0n) is 13.0. The molecule has 1 heterocycles. The first-order chi connectivity index (χ1) is 9.52. The van der Waals surface area contributed by atoms with Crippen LogP contribution in [0.4, 0.5) is 4.79 Å². The Kier molecular flexibility index (Phi) is 6.82. The van der Waals surface area contributed by atoms with Crippen LogP contribution in [0, 0.1) is 0 Å². The number of carbonyl (C=O) groups excluding carboxylic acids is 1. The molecule has 0 aliphatic carbocycles. The number of carboxylic acids is 1. The van der Waals surface area contributed by atoms with E-state index in [9.17, 15) is 14.7 Å². The number of aliphatic carboxylic acids is 1. The molecule has 0 aromatic carbocycles. The van der Waals surface area contributed by atoms with Gasteiger partial charge in [-0.15, -0.1) is 0 Å². The van der Waals surface area contributed by atoms with Gasteiger partial charge in [-0.2, -0.15) is 0 Å². The average Bonchev–Trinajstić information content (AvgIpc) is 2.46. The van der Waals surface area contributed by atoms with Crippen molar-refractivity contribution in [2.75, 3.05) is 13.1 Å². The van der Waals surface area contributed by atoms with Crippen LogP contribution < -0.4 is 0 Å². The van der Waals surface area contributed by atoms with Gasteiger partial charge in [0.2, 0.25) is 0 Å². The van der Waals surface area contributed by atoms with E-state index in [1.54, 1.807) is 4.90 Å². The molecule has 1 N–H and O–H groups in total.